The van der Waals surface area contributed by atoms with Gasteiger partial charge in [-0.1, -0.05) is 36.5 Å². The fraction of sp³-hybridized carbons (Fsp3) is 0.333. The monoisotopic (exact) mass is 461 g/mol. The Balaban J connectivity index is 1.51. The topological polar surface area (TPSA) is 70.6 Å². The van der Waals surface area contributed by atoms with Crippen molar-refractivity contribution in [2.45, 2.75) is 16.7 Å². The van der Waals surface area contributed by atoms with E-state index in [0.717, 1.165) is 26.0 Å². The van der Waals surface area contributed by atoms with Gasteiger partial charge in [-0.25, -0.2) is 13.4 Å². The Labute approximate surface area is 184 Å². The highest BCUT2D eigenvalue weighted by atomic mass is 32.2. The summed E-state index contributed by atoms with van der Waals surface area (Å²) in [5, 5.41) is 0.801. The second kappa shape index (κ2) is 8.56. The number of amides is 1. The van der Waals surface area contributed by atoms with Crippen LogP contribution in [0.3, 0.4) is 0 Å². The molecule has 2 heterocycles. The number of fused-ring (bicyclic) bond motifs is 1. The summed E-state index contributed by atoms with van der Waals surface area (Å²) in [6.07, 6.45) is 1.21. The molecular weight excluding hydrogens is 438 g/mol. The van der Waals surface area contributed by atoms with Crippen LogP contribution < -0.4 is 4.90 Å². The number of nitrogens with zero attached hydrogens (tertiary/aromatic N) is 3. The van der Waals surface area contributed by atoms with Gasteiger partial charge in [0.15, 0.2) is 15.0 Å². The Hall–Kier alpha value is -2.10. The lowest BCUT2D eigenvalue weighted by molar-refractivity contribution is 0.0743. The highest BCUT2D eigenvalue weighted by Crippen LogP contribution is 2.33. The van der Waals surface area contributed by atoms with Crippen LogP contribution in [-0.2, 0) is 9.84 Å². The van der Waals surface area contributed by atoms with Gasteiger partial charge >= 0.3 is 0 Å². The van der Waals surface area contributed by atoms with Crippen molar-refractivity contribution < 1.29 is 13.2 Å². The molecule has 0 saturated carbocycles. The summed E-state index contributed by atoms with van der Waals surface area (Å²) in [5.41, 5.74) is 1.29. The molecule has 1 amide bonds. The zero-order valence-corrected chi connectivity index (χ0v) is 19.3. The molecule has 0 aliphatic carbocycles. The molecule has 1 aromatic heterocycles. The molecule has 0 atom stereocenters. The first kappa shape index (κ1) is 21.1. The van der Waals surface area contributed by atoms with Crippen molar-refractivity contribution in [1.82, 2.24) is 9.88 Å². The maximum Gasteiger partial charge on any atom is 0.255 e. The second-order valence-corrected chi connectivity index (χ2v) is 11.4. The van der Waals surface area contributed by atoms with Crippen LogP contribution in [-0.4, -0.2) is 62.4 Å². The number of thioether (sulfide) groups is 1. The summed E-state index contributed by atoms with van der Waals surface area (Å²) in [7, 11) is -3.34. The Morgan fingerprint density at radius 1 is 1.10 bits per heavy atom. The quantitative estimate of drug-likeness (QED) is 0.539. The minimum atomic E-state index is -3.34. The summed E-state index contributed by atoms with van der Waals surface area (Å²) in [5.74, 6) is 0.986. The number of hydrogen-bond acceptors (Lipinski definition) is 7. The van der Waals surface area contributed by atoms with E-state index in [1.807, 2.05) is 35.2 Å². The van der Waals surface area contributed by atoms with Gasteiger partial charge in [0.1, 0.15) is 5.52 Å². The van der Waals surface area contributed by atoms with Crippen LogP contribution in [0.25, 0.3) is 10.2 Å². The van der Waals surface area contributed by atoms with Crippen LogP contribution in [0, 0.1) is 0 Å². The smallest absolute Gasteiger partial charge is 0.255 e. The number of hydrogen-bond donors (Lipinski definition) is 0. The van der Waals surface area contributed by atoms with Crippen molar-refractivity contribution in [3.8, 4) is 0 Å². The van der Waals surface area contributed by atoms with Gasteiger partial charge in [-0.05, 0) is 30.0 Å². The molecule has 158 valence electrons. The van der Waals surface area contributed by atoms with E-state index in [1.165, 1.54) is 17.6 Å². The molecule has 3 aromatic rings. The van der Waals surface area contributed by atoms with Gasteiger partial charge in [-0.3, -0.25) is 4.79 Å². The number of rotatable bonds is 5. The highest BCUT2D eigenvalue weighted by Gasteiger charge is 2.26. The van der Waals surface area contributed by atoms with Crippen LogP contribution in [0.4, 0.5) is 5.13 Å². The first-order valence-corrected chi connectivity index (χ1v) is 13.4. The molecule has 1 fully saturated rings. The number of thiazole rings is 1. The first-order valence-electron chi connectivity index (χ1n) is 9.74. The first-order chi connectivity index (χ1) is 14.4. The normalized spacial score (nSPS) is 15.0. The molecule has 0 bridgehead atoms. The average Bonchev–Trinajstić information content (AvgIpc) is 3.17. The third-order valence-corrected chi connectivity index (χ3v) is 8.19. The summed E-state index contributed by atoms with van der Waals surface area (Å²) in [6, 6.07) is 13.0. The summed E-state index contributed by atoms with van der Waals surface area (Å²) >= 11 is 3.17. The molecule has 2 aromatic carbocycles. The van der Waals surface area contributed by atoms with E-state index in [-0.39, 0.29) is 10.8 Å². The van der Waals surface area contributed by atoms with Crippen LogP contribution in [0.5, 0.6) is 0 Å². The lowest BCUT2D eigenvalue weighted by atomic mass is 10.2. The fourth-order valence-corrected chi connectivity index (χ4v) is 6.28. The Morgan fingerprint density at radius 2 is 1.83 bits per heavy atom. The van der Waals surface area contributed by atoms with Gasteiger partial charge < -0.3 is 9.80 Å². The van der Waals surface area contributed by atoms with Crippen molar-refractivity contribution in [3.05, 3.63) is 48.0 Å². The molecular formula is C21H23N3O3S3. The van der Waals surface area contributed by atoms with Crippen molar-refractivity contribution in [1.29, 1.82) is 0 Å². The lowest BCUT2D eigenvalue weighted by Crippen LogP contribution is -2.48. The van der Waals surface area contributed by atoms with Crippen molar-refractivity contribution in [2.24, 2.45) is 0 Å². The van der Waals surface area contributed by atoms with E-state index in [0.29, 0.717) is 31.7 Å². The number of carbonyl (C=O) groups excluding carboxylic acids is 1. The molecule has 0 radical (unpaired) electrons. The van der Waals surface area contributed by atoms with Gasteiger partial charge in [0.2, 0.25) is 0 Å². The number of sulfone groups is 1. The van der Waals surface area contributed by atoms with Gasteiger partial charge in [0.25, 0.3) is 5.91 Å². The maximum atomic E-state index is 13.0. The van der Waals surface area contributed by atoms with Crippen LogP contribution in [0.2, 0.25) is 0 Å². The number of anilines is 1. The summed E-state index contributed by atoms with van der Waals surface area (Å²) < 4.78 is 25.0. The highest BCUT2D eigenvalue weighted by molar-refractivity contribution is 7.99. The van der Waals surface area contributed by atoms with Crippen LogP contribution in [0.1, 0.15) is 17.3 Å². The predicted molar refractivity (Wildman–Crippen MR) is 124 cm³/mol. The molecule has 1 saturated heterocycles. The average molecular weight is 462 g/mol. The van der Waals surface area contributed by atoms with Crippen molar-refractivity contribution in [3.63, 3.8) is 0 Å². The maximum absolute atomic E-state index is 13.0. The number of benzene rings is 2. The SMILES string of the molecule is CCSc1ccccc1C(=O)N1CCN(c2nc3c(S(C)(=O)=O)cccc3s2)CC1. The standard InChI is InChI=1S/C21H23N3O3S3/c1-3-28-16-8-5-4-7-15(16)20(25)23-11-13-24(14-12-23)21-22-19-17(29-21)9-6-10-18(19)30(2,26)27/h4-10H,3,11-14H2,1-2H3. The number of piperazine rings is 1. The van der Waals surface area contributed by atoms with Gasteiger partial charge in [-0.2, -0.15) is 0 Å². The number of aromatic nitrogens is 1. The minimum absolute atomic E-state index is 0.0647. The van der Waals surface area contributed by atoms with E-state index in [2.05, 4.69) is 16.8 Å². The van der Waals surface area contributed by atoms with Crippen molar-refractivity contribution in [2.75, 3.05) is 43.1 Å². The van der Waals surface area contributed by atoms with Gasteiger partial charge in [0.05, 0.1) is 15.2 Å². The molecule has 0 spiro atoms. The molecule has 4 rings (SSSR count). The largest absolute Gasteiger partial charge is 0.345 e. The van der Waals surface area contributed by atoms with Crippen LogP contribution in [0.15, 0.2) is 52.3 Å². The number of carbonyl (C=O) groups is 1. The third-order valence-electron chi connectivity index (χ3n) is 5.02. The second-order valence-electron chi connectivity index (χ2n) is 7.08. The Bertz CT molecular complexity index is 1180. The molecule has 0 unspecified atom stereocenters. The third kappa shape index (κ3) is 4.19. The molecule has 0 N–H and O–H groups in total. The van der Waals surface area contributed by atoms with E-state index >= 15 is 0 Å². The zero-order valence-electron chi connectivity index (χ0n) is 16.9. The van der Waals surface area contributed by atoms with Gasteiger partial charge in [0, 0.05) is 37.3 Å². The molecule has 9 heteroatoms. The number of para-hydroxylation sites is 1. The van der Waals surface area contributed by atoms with E-state index in [9.17, 15) is 13.2 Å². The Kier molecular flexibility index (Phi) is 6.04. The van der Waals surface area contributed by atoms with Crippen molar-refractivity contribution >= 4 is 54.2 Å². The van der Waals surface area contributed by atoms with Crippen LogP contribution >= 0.6 is 23.1 Å². The Morgan fingerprint density at radius 3 is 2.53 bits per heavy atom. The van der Waals surface area contributed by atoms with E-state index in [4.69, 9.17) is 0 Å². The molecule has 30 heavy (non-hydrogen) atoms. The summed E-state index contributed by atoms with van der Waals surface area (Å²) in [6.45, 7) is 4.64. The fourth-order valence-electron chi connectivity index (χ4n) is 3.54. The van der Waals surface area contributed by atoms with E-state index < -0.39 is 9.84 Å². The molecule has 1 aliphatic heterocycles. The molecule has 1 aliphatic rings. The van der Waals surface area contributed by atoms with Gasteiger partial charge in [-0.15, -0.1) is 11.8 Å². The lowest BCUT2D eigenvalue weighted by Gasteiger charge is -2.34. The summed E-state index contributed by atoms with van der Waals surface area (Å²) in [4.78, 5) is 23.0. The zero-order chi connectivity index (χ0) is 21.3. The molecule has 6 nitrogen and oxygen atoms in total. The minimum Gasteiger partial charge on any atom is -0.345 e. The van der Waals surface area contributed by atoms with E-state index in [1.54, 1.807) is 23.9 Å². The predicted octanol–water partition coefficient (Wildman–Crippen LogP) is 3.77.